The molecule has 0 aliphatic heterocycles. The molecule has 1 heterocycles. The van der Waals surface area contributed by atoms with Gasteiger partial charge in [0.05, 0.1) is 25.5 Å². The number of amides is 1. The predicted octanol–water partition coefficient (Wildman–Crippen LogP) is 4.67. The van der Waals surface area contributed by atoms with Gasteiger partial charge < -0.3 is 19.4 Å². The van der Waals surface area contributed by atoms with E-state index in [1.54, 1.807) is 32.4 Å². The average molecular weight is 364 g/mol. The maximum Gasteiger partial charge on any atom is 0.257 e. The van der Waals surface area contributed by atoms with E-state index in [1.165, 1.54) is 5.56 Å². The largest absolute Gasteiger partial charge is 0.497 e. The van der Waals surface area contributed by atoms with E-state index in [-0.39, 0.29) is 5.91 Å². The van der Waals surface area contributed by atoms with E-state index in [4.69, 9.17) is 9.47 Å². The monoisotopic (exact) mass is 364 g/mol. The molecule has 2 aromatic carbocycles. The van der Waals surface area contributed by atoms with E-state index in [1.807, 2.05) is 32.0 Å². The number of hydrogen-bond donors (Lipinski definition) is 1. The highest BCUT2D eigenvalue weighted by atomic mass is 16.5. The molecule has 0 aliphatic carbocycles. The van der Waals surface area contributed by atoms with E-state index in [0.29, 0.717) is 22.7 Å². The first-order valence-electron chi connectivity index (χ1n) is 8.74. The van der Waals surface area contributed by atoms with Gasteiger partial charge in [0.15, 0.2) is 0 Å². The summed E-state index contributed by atoms with van der Waals surface area (Å²) in [6.07, 6.45) is 0. The van der Waals surface area contributed by atoms with Crippen LogP contribution in [0.4, 0.5) is 5.69 Å². The van der Waals surface area contributed by atoms with Crippen LogP contribution in [0.1, 0.15) is 27.3 Å². The van der Waals surface area contributed by atoms with E-state index < -0.39 is 0 Å². The number of aryl methyl sites for hydroxylation is 2. The lowest BCUT2D eigenvalue weighted by atomic mass is 10.2. The molecule has 0 bridgehead atoms. The number of benzene rings is 2. The van der Waals surface area contributed by atoms with Crippen LogP contribution in [0.2, 0.25) is 0 Å². The fourth-order valence-electron chi connectivity index (χ4n) is 3.26. The molecule has 0 saturated heterocycles. The quantitative estimate of drug-likeness (QED) is 0.716. The van der Waals surface area contributed by atoms with Crippen LogP contribution in [0, 0.1) is 20.8 Å². The van der Waals surface area contributed by atoms with Crippen LogP contribution in [0.5, 0.6) is 11.5 Å². The lowest BCUT2D eigenvalue weighted by molar-refractivity contribution is 0.102. The molecule has 0 fully saturated rings. The van der Waals surface area contributed by atoms with Crippen molar-refractivity contribution in [1.82, 2.24) is 4.57 Å². The maximum atomic E-state index is 12.9. The number of ether oxygens (including phenoxy) is 2. The summed E-state index contributed by atoms with van der Waals surface area (Å²) in [5.41, 5.74) is 5.30. The molecule has 1 aromatic heterocycles. The first-order valence-corrected chi connectivity index (χ1v) is 8.74. The number of methoxy groups -OCH3 is 2. The van der Waals surface area contributed by atoms with Gasteiger partial charge in [-0.3, -0.25) is 4.79 Å². The highest BCUT2D eigenvalue weighted by Crippen LogP contribution is 2.30. The second-order valence-electron chi connectivity index (χ2n) is 6.48. The minimum atomic E-state index is -0.187. The second kappa shape index (κ2) is 7.58. The lowest BCUT2D eigenvalue weighted by Crippen LogP contribution is -2.14. The Kier molecular flexibility index (Phi) is 5.21. The molecule has 5 nitrogen and oxygen atoms in total. The number of nitrogens with zero attached hydrogens (tertiary/aromatic N) is 1. The Balaban J connectivity index is 1.96. The van der Waals surface area contributed by atoms with Crippen LogP contribution in [0.15, 0.2) is 48.5 Å². The molecule has 0 saturated carbocycles. The van der Waals surface area contributed by atoms with Gasteiger partial charge in [0.2, 0.25) is 0 Å². The summed E-state index contributed by atoms with van der Waals surface area (Å²) in [4.78, 5) is 12.9. The van der Waals surface area contributed by atoms with Crippen LogP contribution < -0.4 is 14.8 Å². The van der Waals surface area contributed by atoms with Gasteiger partial charge >= 0.3 is 0 Å². The van der Waals surface area contributed by atoms with E-state index in [9.17, 15) is 4.79 Å². The molecule has 27 heavy (non-hydrogen) atoms. The average Bonchev–Trinajstić information content (AvgIpc) is 2.96. The summed E-state index contributed by atoms with van der Waals surface area (Å²) in [7, 11) is 3.16. The van der Waals surface area contributed by atoms with Gasteiger partial charge in [0, 0.05) is 23.1 Å². The molecule has 0 spiro atoms. The Hall–Kier alpha value is -3.21. The van der Waals surface area contributed by atoms with Gasteiger partial charge in [-0.25, -0.2) is 0 Å². The summed E-state index contributed by atoms with van der Waals surface area (Å²) in [5.74, 6) is 1.04. The van der Waals surface area contributed by atoms with Crippen molar-refractivity contribution in [1.29, 1.82) is 0 Å². The van der Waals surface area contributed by atoms with Gasteiger partial charge in [0.25, 0.3) is 5.91 Å². The van der Waals surface area contributed by atoms with E-state index in [2.05, 4.69) is 28.9 Å². The van der Waals surface area contributed by atoms with Gasteiger partial charge in [-0.05, 0) is 56.7 Å². The van der Waals surface area contributed by atoms with Crippen molar-refractivity contribution in [3.8, 4) is 17.2 Å². The van der Waals surface area contributed by atoms with E-state index in [0.717, 1.165) is 17.1 Å². The van der Waals surface area contributed by atoms with Crippen LogP contribution in [0.3, 0.4) is 0 Å². The zero-order valence-corrected chi connectivity index (χ0v) is 16.3. The zero-order valence-electron chi connectivity index (χ0n) is 16.3. The number of carbonyl (C=O) groups is 1. The van der Waals surface area contributed by atoms with Gasteiger partial charge in [-0.1, -0.05) is 12.1 Å². The van der Waals surface area contributed by atoms with Crippen molar-refractivity contribution in [2.24, 2.45) is 0 Å². The molecular formula is C22H24N2O3. The fraction of sp³-hybridized carbons (Fsp3) is 0.227. The van der Waals surface area contributed by atoms with Crippen LogP contribution >= 0.6 is 0 Å². The predicted molar refractivity (Wildman–Crippen MR) is 107 cm³/mol. The topological polar surface area (TPSA) is 52.5 Å². The molecule has 3 rings (SSSR count). The number of carbonyl (C=O) groups excluding carboxylic acids is 1. The van der Waals surface area contributed by atoms with Gasteiger partial charge in [-0.15, -0.1) is 0 Å². The van der Waals surface area contributed by atoms with Crippen molar-refractivity contribution in [2.75, 3.05) is 19.5 Å². The van der Waals surface area contributed by atoms with Crippen molar-refractivity contribution in [3.63, 3.8) is 0 Å². The molecule has 0 aliphatic rings. The minimum absolute atomic E-state index is 0.187. The Morgan fingerprint density at radius 3 is 2.41 bits per heavy atom. The Morgan fingerprint density at radius 2 is 1.74 bits per heavy atom. The van der Waals surface area contributed by atoms with Gasteiger partial charge in [-0.2, -0.15) is 0 Å². The van der Waals surface area contributed by atoms with Crippen molar-refractivity contribution in [2.45, 2.75) is 20.8 Å². The fourth-order valence-corrected chi connectivity index (χ4v) is 3.26. The first kappa shape index (κ1) is 18.6. The molecule has 1 amide bonds. The molecule has 0 radical (unpaired) electrons. The first-order chi connectivity index (χ1) is 12.9. The summed E-state index contributed by atoms with van der Waals surface area (Å²) in [6, 6.07) is 15.4. The summed E-state index contributed by atoms with van der Waals surface area (Å²) < 4.78 is 12.7. The number of anilines is 1. The van der Waals surface area contributed by atoms with Crippen molar-refractivity contribution in [3.05, 3.63) is 71.0 Å². The smallest absolute Gasteiger partial charge is 0.257 e. The molecule has 140 valence electrons. The van der Waals surface area contributed by atoms with Crippen molar-refractivity contribution >= 4 is 11.6 Å². The number of nitrogens with one attached hydrogen (secondary N) is 1. The molecule has 3 aromatic rings. The molecule has 0 atom stereocenters. The van der Waals surface area contributed by atoms with Gasteiger partial charge in [0.1, 0.15) is 11.5 Å². The molecule has 1 N–H and O–H groups in total. The summed E-state index contributed by atoms with van der Waals surface area (Å²) >= 11 is 0. The zero-order chi connectivity index (χ0) is 19.6. The minimum Gasteiger partial charge on any atom is -0.497 e. The Morgan fingerprint density at radius 1 is 0.963 bits per heavy atom. The molecule has 0 unspecified atom stereocenters. The normalized spacial score (nSPS) is 10.6. The second-order valence-corrected chi connectivity index (χ2v) is 6.48. The van der Waals surface area contributed by atoms with E-state index >= 15 is 0 Å². The Labute approximate surface area is 159 Å². The van der Waals surface area contributed by atoms with Crippen LogP contribution in [0.25, 0.3) is 5.69 Å². The third-order valence-electron chi connectivity index (χ3n) is 4.59. The number of aromatic nitrogens is 1. The maximum absolute atomic E-state index is 12.9. The van der Waals surface area contributed by atoms with Crippen molar-refractivity contribution < 1.29 is 14.3 Å². The third kappa shape index (κ3) is 3.67. The number of hydrogen-bond acceptors (Lipinski definition) is 3. The third-order valence-corrected chi connectivity index (χ3v) is 4.59. The number of rotatable bonds is 5. The van der Waals surface area contributed by atoms with Crippen LogP contribution in [-0.4, -0.2) is 24.7 Å². The highest BCUT2D eigenvalue weighted by molar-refractivity contribution is 6.06. The lowest BCUT2D eigenvalue weighted by Gasteiger charge is -2.13. The SMILES string of the molecule is COc1ccc(OC)c(NC(=O)c2cc(C)n(-c3cccc(C)c3)c2C)c1. The Bertz CT molecular complexity index is 989. The summed E-state index contributed by atoms with van der Waals surface area (Å²) in [5, 5.41) is 2.94. The standard InChI is InChI=1S/C22H24N2O3/c1-14-7-6-8-17(11-14)24-15(2)12-19(16(24)3)22(25)23-20-13-18(26-4)9-10-21(20)27-5/h6-13H,1-5H3,(H,23,25). The molecule has 5 heteroatoms. The highest BCUT2D eigenvalue weighted by Gasteiger charge is 2.18. The van der Waals surface area contributed by atoms with Crippen LogP contribution in [-0.2, 0) is 0 Å². The summed E-state index contributed by atoms with van der Waals surface area (Å²) in [6.45, 7) is 6.01. The molecular weight excluding hydrogens is 340 g/mol.